The molecule has 3 rings (SSSR count). The summed E-state index contributed by atoms with van der Waals surface area (Å²) in [5.74, 6) is 0.867. The van der Waals surface area contributed by atoms with Crippen molar-refractivity contribution in [1.82, 2.24) is 9.80 Å². The Labute approximate surface area is 251 Å². The van der Waals surface area contributed by atoms with E-state index < -0.39 is 24.1 Å². The summed E-state index contributed by atoms with van der Waals surface area (Å²) in [5, 5.41) is 0. The minimum absolute atomic E-state index is 0.00947. The first-order chi connectivity index (χ1) is 19.8. The van der Waals surface area contributed by atoms with Gasteiger partial charge in [0.1, 0.15) is 25.2 Å². The van der Waals surface area contributed by atoms with Gasteiger partial charge in [0.2, 0.25) is 6.29 Å². The molecule has 1 aliphatic heterocycles. The monoisotopic (exact) mass is 583 g/mol. The Hall–Kier alpha value is -3.14. The van der Waals surface area contributed by atoms with Crippen LogP contribution >= 0.6 is 0 Å². The minimum atomic E-state index is -0.590. The summed E-state index contributed by atoms with van der Waals surface area (Å²) in [6, 6.07) is 15.4. The second-order valence-electron chi connectivity index (χ2n) is 12.4. The van der Waals surface area contributed by atoms with Gasteiger partial charge in [-0.15, -0.1) is 0 Å². The van der Waals surface area contributed by atoms with Crippen LogP contribution in [0, 0.1) is 17.8 Å². The molecule has 1 aliphatic rings. The molecule has 3 unspecified atom stereocenters. The van der Waals surface area contributed by atoms with Gasteiger partial charge in [0, 0.05) is 25.4 Å². The van der Waals surface area contributed by atoms with Crippen molar-refractivity contribution in [2.75, 3.05) is 39.6 Å². The zero-order valence-corrected chi connectivity index (χ0v) is 26.5. The Bertz CT molecular complexity index is 1170. The molecule has 9 nitrogen and oxygen atoms in total. The highest BCUT2D eigenvalue weighted by Gasteiger charge is 2.42. The Balaban J connectivity index is 1.60. The number of hydrogen-bond acceptors (Lipinski definition) is 8. The van der Waals surface area contributed by atoms with Gasteiger partial charge in [-0.2, -0.15) is 0 Å². The van der Waals surface area contributed by atoms with Gasteiger partial charge in [0.05, 0.1) is 11.3 Å². The van der Waals surface area contributed by atoms with Crippen LogP contribution < -0.4 is 10.5 Å². The predicted molar refractivity (Wildman–Crippen MR) is 164 cm³/mol. The number of amides is 1. The number of ether oxygens (including phenoxy) is 4. The van der Waals surface area contributed by atoms with Crippen LogP contribution in [0.5, 0.6) is 5.75 Å². The van der Waals surface area contributed by atoms with Crippen LogP contribution in [0.3, 0.4) is 0 Å². The lowest BCUT2D eigenvalue weighted by Gasteiger charge is -2.42. The van der Waals surface area contributed by atoms with Gasteiger partial charge in [-0.3, -0.25) is 9.69 Å². The number of carbonyl (C=O) groups excluding carboxylic acids is 2. The number of Topliss-reactive ketones (excluding diaryl/α,β-unsaturated/α-hetero) is 1. The van der Waals surface area contributed by atoms with Crippen molar-refractivity contribution in [3.8, 4) is 5.75 Å². The van der Waals surface area contributed by atoms with Crippen molar-refractivity contribution in [2.24, 2.45) is 17.8 Å². The fourth-order valence-electron chi connectivity index (χ4n) is 5.07. The van der Waals surface area contributed by atoms with Crippen molar-refractivity contribution in [3.05, 3.63) is 59.7 Å². The number of nitrogens with zero attached hydrogens (tertiary/aromatic N) is 2. The molecule has 1 saturated heterocycles. The van der Waals surface area contributed by atoms with Gasteiger partial charge in [-0.05, 0) is 70.0 Å². The van der Waals surface area contributed by atoms with Crippen LogP contribution in [-0.2, 0) is 32.0 Å². The molecule has 0 radical (unpaired) electrons. The SMILES string of the molecule is CC(=O)C1OC(Oc2ccc(COC(=O)N(CCN(C)C)COC(C)(C)Cc3ccccc3)cc2N)[C@@H](C)[C@@H](C)C1C. The van der Waals surface area contributed by atoms with Crippen LogP contribution in [0.4, 0.5) is 10.5 Å². The fourth-order valence-corrected chi connectivity index (χ4v) is 5.07. The molecular weight excluding hydrogens is 534 g/mol. The lowest BCUT2D eigenvalue weighted by molar-refractivity contribution is -0.209. The van der Waals surface area contributed by atoms with E-state index in [0.717, 1.165) is 12.0 Å². The van der Waals surface area contributed by atoms with E-state index in [1.807, 2.05) is 64.0 Å². The van der Waals surface area contributed by atoms with E-state index in [9.17, 15) is 9.59 Å². The molecule has 0 spiro atoms. The highest BCUT2D eigenvalue weighted by molar-refractivity contribution is 5.80. The molecule has 0 saturated carbocycles. The van der Waals surface area contributed by atoms with Gasteiger partial charge in [-0.1, -0.05) is 57.2 Å². The van der Waals surface area contributed by atoms with Crippen LogP contribution in [0.2, 0.25) is 0 Å². The fraction of sp³-hybridized carbons (Fsp3) is 0.576. The third kappa shape index (κ3) is 9.44. The molecule has 232 valence electrons. The number of nitrogens with two attached hydrogens (primary N) is 1. The molecule has 1 amide bonds. The molecular formula is C33H49N3O6. The van der Waals surface area contributed by atoms with Crippen LogP contribution in [-0.4, -0.2) is 73.6 Å². The molecule has 2 aromatic carbocycles. The summed E-state index contributed by atoms with van der Waals surface area (Å²) in [4.78, 5) is 28.8. The van der Waals surface area contributed by atoms with Crippen molar-refractivity contribution in [2.45, 2.75) is 72.6 Å². The van der Waals surface area contributed by atoms with Gasteiger partial charge < -0.3 is 29.6 Å². The van der Waals surface area contributed by atoms with E-state index in [2.05, 4.69) is 26.0 Å². The Morgan fingerprint density at radius 1 is 0.952 bits per heavy atom. The average molecular weight is 584 g/mol. The average Bonchev–Trinajstić information content (AvgIpc) is 2.93. The van der Waals surface area contributed by atoms with E-state index in [4.69, 9.17) is 24.7 Å². The molecule has 1 fully saturated rings. The normalized spacial score (nSPS) is 22.5. The number of likely N-dealkylation sites (N-methyl/N-ethyl adjacent to an activating group) is 1. The molecule has 0 aliphatic carbocycles. The number of ketones is 1. The number of benzene rings is 2. The predicted octanol–water partition coefficient (Wildman–Crippen LogP) is 5.37. The molecule has 2 aromatic rings. The molecule has 0 aromatic heterocycles. The minimum Gasteiger partial charge on any atom is -0.462 e. The van der Waals surface area contributed by atoms with E-state index in [1.165, 1.54) is 5.56 Å². The molecule has 5 atom stereocenters. The largest absolute Gasteiger partial charge is 0.462 e. The standard InChI is InChI=1S/C33H49N3O6/c1-22-23(2)30(25(4)37)42-31(24(22)3)41-29-15-14-27(18-28(29)34)20-39-32(38)36(17-16-35(7)8)21-40-33(5,6)19-26-12-10-9-11-13-26/h9-15,18,22-24,30-31H,16-17,19-21,34H2,1-8H3/t22-,23?,24-,30?,31?/m0/s1. The lowest BCUT2D eigenvalue weighted by Crippen LogP contribution is -2.49. The van der Waals surface area contributed by atoms with E-state index in [1.54, 1.807) is 24.0 Å². The number of nitrogen functional groups attached to an aromatic ring is 1. The summed E-state index contributed by atoms with van der Waals surface area (Å²) in [5.41, 5.74) is 8.15. The summed E-state index contributed by atoms with van der Waals surface area (Å²) in [7, 11) is 3.91. The lowest BCUT2D eigenvalue weighted by atomic mass is 9.78. The van der Waals surface area contributed by atoms with Gasteiger partial charge >= 0.3 is 6.09 Å². The third-order valence-corrected chi connectivity index (χ3v) is 8.09. The summed E-state index contributed by atoms with van der Waals surface area (Å²) in [6.45, 7) is 13.1. The first-order valence-electron chi connectivity index (χ1n) is 14.7. The molecule has 9 heteroatoms. The van der Waals surface area contributed by atoms with Crippen molar-refractivity contribution in [3.63, 3.8) is 0 Å². The molecule has 2 N–H and O–H groups in total. The quantitative estimate of drug-likeness (QED) is 0.248. The highest BCUT2D eigenvalue weighted by atomic mass is 16.7. The van der Waals surface area contributed by atoms with Crippen molar-refractivity contribution >= 4 is 17.6 Å². The Morgan fingerprint density at radius 3 is 2.26 bits per heavy atom. The molecule has 1 heterocycles. The zero-order chi connectivity index (χ0) is 31.0. The second kappa shape index (κ2) is 14.8. The number of rotatable bonds is 13. The van der Waals surface area contributed by atoms with Crippen LogP contribution in [0.15, 0.2) is 48.5 Å². The Morgan fingerprint density at radius 2 is 1.64 bits per heavy atom. The molecule has 0 bridgehead atoms. The topological polar surface area (TPSA) is 104 Å². The van der Waals surface area contributed by atoms with Gasteiger partial charge in [0.25, 0.3) is 0 Å². The highest BCUT2D eigenvalue weighted by Crippen LogP contribution is 2.37. The van der Waals surface area contributed by atoms with E-state index >= 15 is 0 Å². The van der Waals surface area contributed by atoms with Crippen molar-refractivity contribution < 1.29 is 28.5 Å². The zero-order valence-electron chi connectivity index (χ0n) is 26.5. The summed E-state index contributed by atoms with van der Waals surface area (Å²) in [6.07, 6.45) is -0.846. The molecule has 42 heavy (non-hydrogen) atoms. The maximum absolute atomic E-state index is 13.1. The smallest absolute Gasteiger partial charge is 0.411 e. The van der Waals surface area contributed by atoms with Crippen LogP contribution in [0.25, 0.3) is 0 Å². The van der Waals surface area contributed by atoms with E-state index in [0.29, 0.717) is 24.5 Å². The maximum atomic E-state index is 13.1. The number of carbonyl (C=O) groups is 2. The van der Waals surface area contributed by atoms with Crippen molar-refractivity contribution in [1.29, 1.82) is 0 Å². The maximum Gasteiger partial charge on any atom is 0.411 e. The van der Waals surface area contributed by atoms with Gasteiger partial charge in [0.15, 0.2) is 5.78 Å². The summed E-state index contributed by atoms with van der Waals surface area (Å²) >= 11 is 0. The van der Waals surface area contributed by atoms with Crippen LogP contribution in [0.1, 0.15) is 52.7 Å². The summed E-state index contributed by atoms with van der Waals surface area (Å²) < 4.78 is 24.0. The first kappa shape index (κ1) is 33.4. The number of hydrogen-bond donors (Lipinski definition) is 1. The van der Waals surface area contributed by atoms with E-state index in [-0.39, 0.29) is 36.9 Å². The van der Waals surface area contributed by atoms with Gasteiger partial charge in [-0.25, -0.2) is 4.79 Å². The first-order valence-corrected chi connectivity index (χ1v) is 14.7. The second-order valence-corrected chi connectivity index (χ2v) is 12.4. The Kier molecular flexibility index (Phi) is 11.8. The number of anilines is 1. The third-order valence-electron chi connectivity index (χ3n) is 8.09.